The average molecular weight is 344 g/mol. The van der Waals surface area contributed by atoms with E-state index in [0.29, 0.717) is 6.42 Å². The van der Waals surface area contributed by atoms with Crippen LogP contribution in [0.25, 0.3) is 0 Å². The van der Waals surface area contributed by atoms with Crippen LogP contribution in [0.4, 0.5) is 18.0 Å². The number of amides is 2. The van der Waals surface area contributed by atoms with E-state index < -0.39 is 33.5 Å². The molecule has 130 valence electrons. The molecule has 0 unspecified atom stereocenters. The first-order valence-electron chi connectivity index (χ1n) is 7.10. The van der Waals surface area contributed by atoms with Crippen molar-refractivity contribution in [2.24, 2.45) is 11.3 Å². The first-order chi connectivity index (χ1) is 9.78. The van der Waals surface area contributed by atoms with Crippen molar-refractivity contribution in [3.8, 4) is 0 Å². The molecule has 5 nitrogen and oxygen atoms in total. The Balaban J connectivity index is 2.50. The fourth-order valence-electron chi connectivity index (χ4n) is 2.34. The molecule has 0 saturated carbocycles. The number of carbonyl (C=O) groups is 1. The molecule has 22 heavy (non-hydrogen) atoms. The second kappa shape index (κ2) is 6.64. The third-order valence-corrected chi connectivity index (χ3v) is 5.23. The standard InChI is InChI=1S/C13H23F3N2O3S/c1-12(2,3)6-10(13(14,15)16)18-11(19)17-7-9-4-5-22(20,21)8-9/h9-10H,4-8H2,1-3H3,(H2,17,18,19)/t9-,10+/m1/s1. The molecule has 2 atom stereocenters. The van der Waals surface area contributed by atoms with Crippen molar-refractivity contribution >= 4 is 15.9 Å². The summed E-state index contributed by atoms with van der Waals surface area (Å²) in [6.45, 7) is 5.04. The lowest BCUT2D eigenvalue weighted by Crippen LogP contribution is -2.51. The van der Waals surface area contributed by atoms with Gasteiger partial charge in [0.15, 0.2) is 9.84 Å². The van der Waals surface area contributed by atoms with Crippen molar-refractivity contribution in [1.82, 2.24) is 10.6 Å². The van der Waals surface area contributed by atoms with E-state index in [4.69, 9.17) is 0 Å². The van der Waals surface area contributed by atoms with Crippen molar-refractivity contribution in [2.75, 3.05) is 18.1 Å². The molecule has 1 heterocycles. The largest absolute Gasteiger partial charge is 0.408 e. The van der Waals surface area contributed by atoms with Crippen LogP contribution in [0.2, 0.25) is 0 Å². The predicted molar refractivity (Wildman–Crippen MR) is 77.2 cm³/mol. The molecule has 1 rings (SSSR count). The molecule has 0 aromatic heterocycles. The van der Waals surface area contributed by atoms with E-state index in [9.17, 15) is 26.4 Å². The van der Waals surface area contributed by atoms with Gasteiger partial charge in [-0.1, -0.05) is 20.8 Å². The van der Waals surface area contributed by atoms with Crippen molar-refractivity contribution < 1.29 is 26.4 Å². The summed E-state index contributed by atoms with van der Waals surface area (Å²) in [4.78, 5) is 11.6. The lowest BCUT2D eigenvalue weighted by Gasteiger charge is -2.28. The number of hydrogen-bond acceptors (Lipinski definition) is 3. The first-order valence-corrected chi connectivity index (χ1v) is 8.92. The third kappa shape index (κ3) is 6.85. The Bertz CT molecular complexity index is 498. The minimum atomic E-state index is -4.53. The molecule has 9 heteroatoms. The predicted octanol–water partition coefficient (Wildman–Crippen LogP) is 2.09. The molecule has 0 bridgehead atoms. The van der Waals surface area contributed by atoms with Gasteiger partial charge in [-0.05, 0) is 24.2 Å². The minimum Gasteiger partial charge on any atom is -0.338 e. The normalized spacial score (nSPS) is 23.1. The second-order valence-electron chi connectivity index (χ2n) is 6.98. The SMILES string of the molecule is CC(C)(C)C[C@H](NC(=O)NC[C@H]1CCS(=O)(=O)C1)C(F)(F)F. The Kier molecular flexibility index (Phi) is 5.75. The van der Waals surface area contributed by atoms with Crippen LogP contribution < -0.4 is 10.6 Å². The average Bonchev–Trinajstić information content (AvgIpc) is 2.62. The van der Waals surface area contributed by atoms with Crippen molar-refractivity contribution in [3.63, 3.8) is 0 Å². The molecule has 0 aromatic rings. The number of hydrogen-bond donors (Lipinski definition) is 2. The van der Waals surface area contributed by atoms with Gasteiger partial charge in [0.1, 0.15) is 6.04 Å². The van der Waals surface area contributed by atoms with Gasteiger partial charge in [0.25, 0.3) is 0 Å². The molecule has 1 saturated heterocycles. The Morgan fingerprint density at radius 1 is 1.27 bits per heavy atom. The van der Waals surface area contributed by atoms with Crippen LogP contribution in [0.5, 0.6) is 0 Å². The number of urea groups is 1. The zero-order valence-corrected chi connectivity index (χ0v) is 13.8. The first kappa shape index (κ1) is 19.1. The number of nitrogens with one attached hydrogen (secondary N) is 2. The molecule has 0 spiro atoms. The van der Waals surface area contributed by atoms with Gasteiger partial charge in [-0.2, -0.15) is 13.2 Å². The number of carbonyl (C=O) groups excluding carboxylic acids is 1. The van der Waals surface area contributed by atoms with E-state index in [1.165, 1.54) is 0 Å². The van der Waals surface area contributed by atoms with Crippen LogP contribution in [0.3, 0.4) is 0 Å². The smallest absolute Gasteiger partial charge is 0.338 e. The van der Waals surface area contributed by atoms with Gasteiger partial charge in [-0.3, -0.25) is 0 Å². The van der Waals surface area contributed by atoms with Crippen molar-refractivity contribution in [2.45, 2.75) is 45.8 Å². The molecular formula is C13H23F3N2O3S. The molecule has 1 fully saturated rings. The molecule has 2 amide bonds. The summed E-state index contributed by atoms with van der Waals surface area (Å²) in [6.07, 6.45) is -4.34. The number of halogens is 3. The van der Waals surface area contributed by atoms with Gasteiger partial charge in [-0.15, -0.1) is 0 Å². The maximum atomic E-state index is 12.9. The van der Waals surface area contributed by atoms with Gasteiger partial charge in [0.05, 0.1) is 11.5 Å². The van der Waals surface area contributed by atoms with Crippen LogP contribution in [-0.4, -0.2) is 44.7 Å². The highest BCUT2D eigenvalue weighted by molar-refractivity contribution is 7.91. The Labute approximate surface area is 128 Å². The van der Waals surface area contributed by atoms with Gasteiger partial charge in [0.2, 0.25) is 0 Å². The molecule has 1 aliphatic rings. The highest BCUT2D eigenvalue weighted by atomic mass is 32.2. The summed E-state index contributed by atoms with van der Waals surface area (Å²) < 4.78 is 61.3. The highest BCUT2D eigenvalue weighted by Gasteiger charge is 2.42. The summed E-state index contributed by atoms with van der Waals surface area (Å²) in [5.74, 6) is -0.198. The van der Waals surface area contributed by atoms with E-state index in [1.54, 1.807) is 20.8 Å². The topological polar surface area (TPSA) is 75.3 Å². The molecule has 2 N–H and O–H groups in total. The van der Waals surface area contributed by atoms with Crippen LogP contribution >= 0.6 is 0 Å². The van der Waals surface area contributed by atoms with E-state index in [2.05, 4.69) is 5.32 Å². The van der Waals surface area contributed by atoms with Crippen molar-refractivity contribution in [3.05, 3.63) is 0 Å². The minimum absolute atomic E-state index is 0.0298. The zero-order chi connectivity index (χ0) is 17.2. The summed E-state index contributed by atoms with van der Waals surface area (Å²) in [7, 11) is -3.07. The van der Waals surface area contributed by atoms with E-state index in [-0.39, 0.29) is 30.4 Å². The molecule has 0 aromatic carbocycles. The quantitative estimate of drug-likeness (QED) is 0.820. The number of sulfone groups is 1. The van der Waals surface area contributed by atoms with Gasteiger partial charge >= 0.3 is 12.2 Å². The van der Waals surface area contributed by atoms with Gasteiger partial charge in [-0.25, -0.2) is 13.2 Å². The summed E-state index contributed by atoms with van der Waals surface area (Å²) in [5, 5.41) is 4.27. The van der Waals surface area contributed by atoms with E-state index in [1.807, 2.05) is 5.32 Å². The lowest BCUT2D eigenvalue weighted by molar-refractivity contribution is -0.159. The van der Waals surface area contributed by atoms with Gasteiger partial charge < -0.3 is 10.6 Å². The lowest BCUT2D eigenvalue weighted by atomic mass is 9.88. The van der Waals surface area contributed by atoms with Crippen LogP contribution in [0, 0.1) is 11.3 Å². The molecule has 0 aliphatic carbocycles. The fourth-order valence-corrected chi connectivity index (χ4v) is 4.20. The monoisotopic (exact) mass is 344 g/mol. The van der Waals surface area contributed by atoms with Crippen LogP contribution in [0.1, 0.15) is 33.6 Å². The van der Waals surface area contributed by atoms with Crippen molar-refractivity contribution in [1.29, 1.82) is 0 Å². The summed E-state index contributed by atoms with van der Waals surface area (Å²) >= 11 is 0. The fraction of sp³-hybridized carbons (Fsp3) is 0.923. The molecular weight excluding hydrogens is 321 g/mol. The Hall–Kier alpha value is -0.990. The van der Waals surface area contributed by atoms with E-state index >= 15 is 0 Å². The molecule has 1 aliphatic heterocycles. The molecule has 0 radical (unpaired) electrons. The maximum absolute atomic E-state index is 12.9. The second-order valence-corrected chi connectivity index (χ2v) is 9.21. The van der Waals surface area contributed by atoms with Gasteiger partial charge in [0, 0.05) is 6.54 Å². The Morgan fingerprint density at radius 3 is 2.27 bits per heavy atom. The third-order valence-electron chi connectivity index (χ3n) is 3.39. The number of alkyl halides is 3. The maximum Gasteiger partial charge on any atom is 0.408 e. The zero-order valence-electron chi connectivity index (χ0n) is 13.0. The highest BCUT2D eigenvalue weighted by Crippen LogP contribution is 2.30. The van der Waals surface area contributed by atoms with Crippen LogP contribution in [-0.2, 0) is 9.84 Å². The van der Waals surface area contributed by atoms with E-state index in [0.717, 1.165) is 0 Å². The van der Waals surface area contributed by atoms with Crippen LogP contribution in [0.15, 0.2) is 0 Å². The Morgan fingerprint density at radius 2 is 1.86 bits per heavy atom. The number of rotatable bonds is 4. The summed E-state index contributed by atoms with van der Waals surface area (Å²) in [6, 6.07) is -2.85. The summed E-state index contributed by atoms with van der Waals surface area (Å²) in [5.41, 5.74) is -0.590.